The second-order valence-corrected chi connectivity index (χ2v) is 11.2. The third kappa shape index (κ3) is 9.17. The second kappa shape index (κ2) is 11.8. The van der Waals surface area contributed by atoms with Gasteiger partial charge < -0.3 is 23.6 Å². The quantitative estimate of drug-likeness (QED) is 0.441. The van der Waals surface area contributed by atoms with Gasteiger partial charge in [0.1, 0.15) is 17.0 Å². The lowest BCUT2D eigenvalue weighted by atomic mass is 9.92. The summed E-state index contributed by atoms with van der Waals surface area (Å²) in [7, 11) is 0. The SMILES string of the molecule is CC(C)(C)OC(=O)COc1cccc(-c2noc(CCCC3CCN(C(=O)OC(C)(C)C)CC3)n2)c1. The van der Waals surface area contributed by atoms with Gasteiger partial charge in [0, 0.05) is 25.1 Å². The van der Waals surface area contributed by atoms with E-state index in [1.165, 1.54) is 0 Å². The number of likely N-dealkylation sites (tertiary alicyclic amines) is 1. The highest BCUT2D eigenvalue weighted by atomic mass is 16.6. The minimum atomic E-state index is -0.555. The van der Waals surface area contributed by atoms with E-state index < -0.39 is 17.2 Å². The number of hydrogen-bond donors (Lipinski definition) is 0. The predicted molar refractivity (Wildman–Crippen MR) is 135 cm³/mol. The number of nitrogens with zero attached hydrogens (tertiary/aromatic N) is 3. The van der Waals surface area contributed by atoms with Crippen LogP contribution in [0.1, 0.15) is 73.1 Å². The lowest BCUT2D eigenvalue weighted by Gasteiger charge is -2.33. The van der Waals surface area contributed by atoms with Crippen molar-refractivity contribution in [2.24, 2.45) is 5.92 Å². The number of carbonyl (C=O) groups excluding carboxylic acids is 2. The fraction of sp³-hybridized carbons (Fsp3) is 0.630. The summed E-state index contributed by atoms with van der Waals surface area (Å²) >= 11 is 0. The summed E-state index contributed by atoms with van der Waals surface area (Å²) in [6.07, 6.45) is 4.42. The molecule has 0 atom stereocenters. The Labute approximate surface area is 213 Å². The molecule has 36 heavy (non-hydrogen) atoms. The Morgan fingerprint density at radius 2 is 1.75 bits per heavy atom. The normalized spacial score (nSPS) is 15.0. The molecular formula is C27H39N3O6. The molecule has 0 saturated carbocycles. The first-order valence-electron chi connectivity index (χ1n) is 12.6. The molecule has 1 saturated heterocycles. The monoisotopic (exact) mass is 501 g/mol. The minimum Gasteiger partial charge on any atom is -0.482 e. The molecule has 0 radical (unpaired) electrons. The Morgan fingerprint density at radius 1 is 1.06 bits per heavy atom. The van der Waals surface area contributed by atoms with E-state index in [2.05, 4.69) is 10.1 Å². The number of hydrogen-bond acceptors (Lipinski definition) is 8. The Bertz CT molecular complexity index is 1010. The Morgan fingerprint density at radius 3 is 2.42 bits per heavy atom. The number of aromatic nitrogens is 2. The van der Waals surface area contributed by atoms with Crippen LogP contribution in [0.2, 0.25) is 0 Å². The van der Waals surface area contributed by atoms with Crippen molar-refractivity contribution < 1.29 is 28.3 Å². The molecule has 9 nitrogen and oxygen atoms in total. The summed E-state index contributed by atoms with van der Waals surface area (Å²) in [6, 6.07) is 7.23. The van der Waals surface area contributed by atoms with Crippen LogP contribution in [0.15, 0.2) is 28.8 Å². The molecule has 1 amide bonds. The molecule has 1 aliphatic rings. The topological polar surface area (TPSA) is 104 Å². The molecule has 1 aromatic carbocycles. The first-order chi connectivity index (χ1) is 16.9. The van der Waals surface area contributed by atoms with E-state index in [1.807, 2.05) is 53.7 Å². The largest absolute Gasteiger partial charge is 0.482 e. The standard InChI is InChI=1S/C27H39N3O6/c1-26(2,3)34-23(31)18-33-21-11-8-10-20(17-21)24-28-22(36-29-24)12-7-9-19-13-15-30(16-14-19)25(32)35-27(4,5)6/h8,10-11,17,19H,7,9,12-16,18H2,1-6H3. The van der Waals surface area contributed by atoms with Crippen molar-refractivity contribution in [3.63, 3.8) is 0 Å². The fourth-order valence-corrected chi connectivity index (χ4v) is 3.98. The second-order valence-electron chi connectivity index (χ2n) is 11.2. The van der Waals surface area contributed by atoms with Gasteiger partial charge >= 0.3 is 12.1 Å². The van der Waals surface area contributed by atoms with Crippen LogP contribution in [-0.2, 0) is 20.7 Å². The van der Waals surface area contributed by atoms with Crippen LogP contribution in [0.4, 0.5) is 4.79 Å². The summed E-state index contributed by atoms with van der Waals surface area (Å²) in [6.45, 7) is 12.4. The van der Waals surface area contributed by atoms with Crippen molar-refractivity contribution in [1.29, 1.82) is 0 Å². The third-order valence-electron chi connectivity index (χ3n) is 5.61. The smallest absolute Gasteiger partial charge is 0.410 e. The molecule has 0 bridgehead atoms. The highest BCUT2D eigenvalue weighted by Gasteiger charge is 2.26. The molecule has 0 unspecified atom stereocenters. The van der Waals surface area contributed by atoms with Gasteiger partial charge in [-0.25, -0.2) is 9.59 Å². The number of ether oxygens (including phenoxy) is 3. The third-order valence-corrected chi connectivity index (χ3v) is 5.61. The van der Waals surface area contributed by atoms with Crippen LogP contribution in [0.3, 0.4) is 0 Å². The molecule has 0 aliphatic carbocycles. The summed E-state index contributed by atoms with van der Waals surface area (Å²) < 4.78 is 21.8. The van der Waals surface area contributed by atoms with Gasteiger partial charge in [0.15, 0.2) is 6.61 Å². The Balaban J connectivity index is 1.42. The number of esters is 1. The van der Waals surface area contributed by atoms with Crippen LogP contribution in [-0.4, -0.2) is 58.0 Å². The van der Waals surface area contributed by atoms with Crippen molar-refractivity contribution in [2.45, 2.75) is 84.8 Å². The molecule has 1 aromatic heterocycles. The zero-order valence-corrected chi connectivity index (χ0v) is 22.3. The molecule has 2 aromatic rings. The van der Waals surface area contributed by atoms with Crippen molar-refractivity contribution >= 4 is 12.1 Å². The molecule has 0 N–H and O–H groups in total. The molecule has 3 rings (SSSR count). The number of amides is 1. The van der Waals surface area contributed by atoms with E-state index >= 15 is 0 Å². The molecule has 0 spiro atoms. The highest BCUT2D eigenvalue weighted by molar-refractivity contribution is 5.71. The molecular weight excluding hydrogens is 462 g/mol. The summed E-state index contributed by atoms with van der Waals surface area (Å²) in [4.78, 5) is 30.4. The van der Waals surface area contributed by atoms with Gasteiger partial charge in [0.25, 0.3) is 0 Å². The maximum absolute atomic E-state index is 12.2. The van der Waals surface area contributed by atoms with Crippen molar-refractivity contribution in [1.82, 2.24) is 15.0 Å². The van der Waals surface area contributed by atoms with Crippen LogP contribution in [0.5, 0.6) is 5.75 Å². The number of carbonyl (C=O) groups is 2. The van der Waals surface area contributed by atoms with Crippen molar-refractivity contribution in [2.75, 3.05) is 19.7 Å². The van der Waals surface area contributed by atoms with Crippen molar-refractivity contribution in [3.8, 4) is 17.1 Å². The van der Waals surface area contributed by atoms with E-state index in [4.69, 9.17) is 18.7 Å². The Kier molecular flexibility index (Phi) is 8.98. The van der Waals surface area contributed by atoms with Crippen LogP contribution >= 0.6 is 0 Å². The highest BCUT2D eigenvalue weighted by Crippen LogP contribution is 2.25. The minimum absolute atomic E-state index is 0.172. The van der Waals surface area contributed by atoms with E-state index in [-0.39, 0.29) is 12.7 Å². The lowest BCUT2D eigenvalue weighted by Crippen LogP contribution is -2.41. The zero-order valence-electron chi connectivity index (χ0n) is 22.3. The Hall–Kier alpha value is -3.10. The maximum atomic E-state index is 12.2. The summed E-state index contributed by atoms with van der Waals surface area (Å²) in [5.41, 5.74) is -0.271. The van der Waals surface area contributed by atoms with Crippen LogP contribution in [0.25, 0.3) is 11.4 Å². The molecule has 1 fully saturated rings. The van der Waals surface area contributed by atoms with E-state index in [0.717, 1.165) is 44.3 Å². The molecule has 2 heterocycles. The zero-order chi connectivity index (χ0) is 26.3. The van der Waals surface area contributed by atoms with Crippen LogP contribution < -0.4 is 4.74 Å². The number of aryl methyl sites for hydroxylation is 1. The van der Waals surface area contributed by atoms with Gasteiger partial charge in [-0.3, -0.25) is 0 Å². The first kappa shape index (κ1) is 27.5. The van der Waals surface area contributed by atoms with E-state index in [0.29, 0.717) is 29.8 Å². The van der Waals surface area contributed by atoms with Gasteiger partial charge in [-0.1, -0.05) is 17.3 Å². The molecule has 198 valence electrons. The average molecular weight is 502 g/mol. The number of benzene rings is 1. The van der Waals surface area contributed by atoms with E-state index in [9.17, 15) is 9.59 Å². The van der Waals surface area contributed by atoms with Crippen molar-refractivity contribution in [3.05, 3.63) is 30.2 Å². The summed E-state index contributed by atoms with van der Waals surface area (Å²) in [5, 5.41) is 4.10. The first-order valence-corrected chi connectivity index (χ1v) is 12.6. The van der Waals surface area contributed by atoms with Gasteiger partial charge in [0.2, 0.25) is 11.7 Å². The lowest BCUT2D eigenvalue weighted by molar-refractivity contribution is -0.157. The maximum Gasteiger partial charge on any atom is 0.410 e. The predicted octanol–water partition coefficient (Wildman–Crippen LogP) is 5.43. The van der Waals surface area contributed by atoms with Gasteiger partial charge in [-0.15, -0.1) is 0 Å². The summed E-state index contributed by atoms with van der Waals surface area (Å²) in [5.74, 6) is 1.76. The van der Waals surface area contributed by atoms with Gasteiger partial charge in [-0.2, -0.15) is 4.98 Å². The number of rotatable bonds is 8. The average Bonchev–Trinajstić information content (AvgIpc) is 3.25. The number of piperidine rings is 1. The van der Waals surface area contributed by atoms with Gasteiger partial charge in [-0.05, 0) is 85.3 Å². The fourth-order valence-electron chi connectivity index (χ4n) is 3.98. The van der Waals surface area contributed by atoms with E-state index in [1.54, 1.807) is 17.0 Å². The van der Waals surface area contributed by atoms with Gasteiger partial charge in [0.05, 0.1) is 0 Å². The molecule has 9 heteroatoms. The molecule has 1 aliphatic heterocycles. The van der Waals surface area contributed by atoms with Crippen LogP contribution in [0, 0.1) is 5.92 Å².